The largest absolute Gasteiger partial charge is 0.288 e. The normalized spacial score (nSPS) is 10.3. The Morgan fingerprint density at radius 3 is 2.35 bits per heavy atom. The Morgan fingerprint density at radius 2 is 1.71 bits per heavy atom. The minimum Gasteiger partial charge on any atom is -0.288 e. The fourth-order valence-corrected chi connectivity index (χ4v) is 2.10. The van der Waals surface area contributed by atoms with Crippen LogP contribution in [0.15, 0.2) is 42.5 Å². The summed E-state index contributed by atoms with van der Waals surface area (Å²) in [5, 5.41) is 0. The van der Waals surface area contributed by atoms with Crippen LogP contribution in [0, 0.1) is 15.2 Å². The van der Waals surface area contributed by atoms with Crippen molar-refractivity contribution in [2.75, 3.05) is 0 Å². The molecule has 4 heteroatoms. The molecule has 0 unspecified atom stereocenters. The Balaban J connectivity index is 2.48. The molecule has 2 aromatic carbocycles. The molecule has 0 spiro atoms. The highest BCUT2D eigenvalue weighted by molar-refractivity contribution is 14.1. The molecule has 0 aromatic heterocycles. The second-order valence-corrected chi connectivity index (χ2v) is 4.60. The highest BCUT2D eigenvalue weighted by Gasteiger charge is 2.16. The van der Waals surface area contributed by atoms with Crippen LogP contribution < -0.4 is 0 Å². The first-order valence-corrected chi connectivity index (χ1v) is 5.92. The van der Waals surface area contributed by atoms with Crippen molar-refractivity contribution in [2.45, 2.75) is 0 Å². The number of hydrogen-bond acceptors (Lipinski definition) is 1. The lowest BCUT2D eigenvalue weighted by molar-refractivity contribution is 0.103. The van der Waals surface area contributed by atoms with Crippen LogP contribution in [-0.4, -0.2) is 5.78 Å². The average molecular weight is 344 g/mol. The van der Waals surface area contributed by atoms with Crippen molar-refractivity contribution in [3.05, 3.63) is 68.8 Å². The molecule has 0 aliphatic heterocycles. The maximum atomic E-state index is 13.5. The lowest BCUT2D eigenvalue weighted by Gasteiger charge is -2.04. The molecule has 0 bridgehead atoms. The number of ketones is 1. The zero-order valence-electron chi connectivity index (χ0n) is 8.58. The van der Waals surface area contributed by atoms with Crippen LogP contribution >= 0.6 is 22.6 Å². The van der Waals surface area contributed by atoms with E-state index < -0.39 is 17.4 Å². The van der Waals surface area contributed by atoms with Gasteiger partial charge in [0, 0.05) is 15.2 Å². The number of hydrogen-bond donors (Lipinski definition) is 0. The summed E-state index contributed by atoms with van der Waals surface area (Å²) in [5.74, 6) is -1.97. The van der Waals surface area contributed by atoms with E-state index in [-0.39, 0.29) is 5.56 Å². The Kier molecular flexibility index (Phi) is 3.51. The standard InChI is InChI=1S/C13H7F2IO/c14-8-5-6-9(11(15)7-8)13(17)10-3-1-2-4-12(10)16/h1-7H. The van der Waals surface area contributed by atoms with Gasteiger partial charge in [0.1, 0.15) is 11.6 Å². The van der Waals surface area contributed by atoms with E-state index in [1.807, 2.05) is 22.6 Å². The molecule has 0 aliphatic rings. The van der Waals surface area contributed by atoms with E-state index in [9.17, 15) is 13.6 Å². The summed E-state index contributed by atoms with van der Waals surface area (Å²) in [6.07, 6.45) is 0. The molecular formula is C13H7F2IO. The first-order chi connectivity index (χ1) is 8.09. The van der Waals surface area contributed by atoms with Crippen LogP contribution in [0.2, 0.25) is 0 Å². The van der Waals surface area contributed by atoms with Crippen molar-refractivity contribution in [1.82, 2.24) is 0 Å². The van der Waals surface area contributed by atoms with Crippen molar-refractivity contribution < 1.29 is 13.6 Å². The molecule has 0 atom stereocenters. The average Bonchev–Trinajstić information content (AvgIpc) is 2.29. The van der Waals surface area contributed by atoms with Gasteiger partial charge in [0.15, 0.2) is 5.78 Å². The van der Waals surface area contributed by atoms with E-state index in [2.05, 4.69) is 0 Å². The van der Waals surface area contributed by atoms with Gasteiger partial charge in [-0.25, -0.2) is 8.78 Å². The van der Waals surface area contributed by atoms with E-state index in [1.54, 1.807) is 24.3 Å². The number of benzene rings is 2. The minimum absolute atomic E-state index is 0.115. The first kappa shape index (κ1) is 12.2. The van der Waals surface area contributed by atoms with Crippen LogP contribution in [-0.2, 0) is 0 Å². The Hall–Kier alpha value is -1.30. The summed E-state index contributed by atoms with van der Waals surface area (Å²) in [5.41, 5.74) is 0.300. The van der Waals surface area contributed by atoms with Crippen molar-refractivity contribution in [3.63, 3.8) is 0 Å². The van der Waals surface area contributed by atoms with Gasteiger partial charge < -0.3 is 0 Å². The van der Waals surface area contributed by atoms with Gasteiger partial charge in [0.25, 0.3) is 0 Å². The predicted molar refractivity (Wildman–Crippen MR) is 68.9 cm³/mol. The zero-order valence-corrected chi connectivity index (χ0v) is 10.7. The summed E-state index contributed by atoms with van der Waals surface area (Å²) in [7, 11) is 0. The number of carbonyl (C=O) groups is 1. The second kappa shape index (κ2) is 4.91. The van der Waals surface area contributed by atoms with Crippen LogP contribution in [0.1, 0.15) is 15.9 Å². The summed E-state index contributed by atoms with van der Waals surface area (Å²) in [6, 6.07) is 9.82. The van der Waals surface area contributed by atoms with Crippen LogP contribution in [0.5, 0.6) is 0 Å². The molecule has 0 N–H and O–H groups in total. The lowest BCUT2D eigenvalue weighted by Crippen LogP contribution is -2.06. The third-order valence-corrected chi connectivity index (χ3v) is 3.23. The van der Waals surface area contributed by atoms with Crippen LogP contribution in [0.4, 0.5) is 8.78 Å². The van der Waals surface area contributed by atoms with E-state index >= 15 is 0 Å². The highest BCUT2D eigenvalue weighted by atomic mass is 127. The van der Waals surface area contributed by atoms with E-state index in [0.29, 0.717) is 11.6 Å². The molecule has 1 nitrogen and oxygen atoms in total. The van der Waals surface area contributed by atoms with Crippen LogP contribution in [0.3, 0.4) is 0 Å². The van der Waals surface area contributed by atoms with Crippen molar-refractivity contribution in [3.8, 4) is 0 Å². The molecular weight excluding hydrogens is 337 g/mol. The predicted octanol–water partition coefficient (Wildman–Crippen LogP) is 3.80. The molecule has 0 fully saturated rings. The summed E-state index contributed by atoms with van der Waals surface area (Å²) in [6.45, 7) is 0. The molecule has 0 aliphatic carbocycles. The second-order valence-electron chi connectivity index (χ2n) is 3.43. The third kappa shape index (κ3) is 2.52. The van der Waals surface area contributed by atoms with E-state index in [4.69, 9.17) is 0 Å². The monoisotopic (exact) mass is 344 g/mol. The van der Waals surface area contributed by atoms with Crippen molar-refractivity contribution >= 4 is 28.4 Å². The minimum atomic E-state index is -0.838. The van der Waals surface area contributed by atoms with E-state index in [1.165, 1.54) is 0 Å². The van der Waals surface area contributed by atoms with Gasteiger partial charge >= 0.3 is 0 Å². The van der Waals surface area contributed by atoms with E-state index in [0.717, 1.165) is 15.7 Å². The molecule has 0 heterocycles. The Bertz CT molecular complexity index is 581. The summed E-state index contributed by atoms with van der Waals surface area (Å²) < 4.78 is 26.9. The molecule has 0 amide bonds. The van der Waals surface area contributed by atoms with Gasteiger partial charge in [-0.15, -0.1) is 0 Å². The van der Waals surface area contributed by atoms with Gasteiger partial charge in [0.2, 0.25) is 0 Å². The topological polar surface area (TPSA) is 17.1 Å². The third-order valence-electron chi connectivity index (χ3n) is 2.29. The van der Waals surface area contributed by atoms with Gasteiger partial charge in [-0.3, -0.25) is 4.79 Å². The van der Waals surface area contributed by atoms with Gasteiger partial charge in [-0.1, -0.05) is 12.1 Å². The molecule has 0 saturated carbocycles. The zero-order chi connectivity index (χ0) is 12.4. The first-order valence-electron chi connectivity index (χ1n) is 4.84. The number of rotatable bonds is 2. The van der Waals surface area contributed by atoms with Crippen molar-refractivity contribution in [2.24, 2.45) is 0 Å². The van der Waals surface area contributed by atoms with Gasteiger partial charge in [-0.05, 0) is 46.9 Å². The quantitative estimate of drug-likeness (QED) is 0.598. The summed E-state index contributed by atoms with van der Waals surface area (Å²) in [4.78, 5) is 12.0. The fraction of sp³-hybridized carbons (Fsp3) is 0. The maximum Gasteiger partial charge on any atom is 0.197 e. The maximum absolute atomic E-state index is 13.5. The highest BCUT2D eigenvalue weighted by Crippen LogP contribution is 2.18. The molecule has 0 saturated heterocycles. The van der Waals surface area contributed by atoms with Gasteiger partial charge in [0.05, 0.1) is 5.56 Å². The molecule has 0 radical (unpaired) electrons. The lowest BCUT2D eigenvalue weighted by atomic mass is 10.0. The molecule has 86 valence electrons. The smallest absolute Gasteiger partial charge is 0.197 e. The number of carbonyl (C=O) groups excluding carboxylic acids is 1. The molecule has 17 heavy (non-hydrogen) atoms. The van der Waals surface area contributed by atoms with Crippen molar-refractivity contribution in [1.29, 1.82) is 0 Å². The SMILES string of the molecule is O=C(c1ccc(F)cc1F)c1ccccc1I. The molecule has 2 aromatic rings. The van der Waals surface area contributed by atoms with Gasteiger partial charge in [-0.2, -0.15) is 0 Å². The fourth-order valence-electron chi connectivity index (χ4n) is 1.46. The summed E-state index contributed by atoms with van der Waals surface area (Å²) >= 11 is 2.00. The number of halogens is 3. The van der Waals surface area contributed by atoms with Crippen LogP contribution in [0.25, 0.3) is 0 Å². The molecule has 2 rings (SSSR count). The Morgan fingerprint density at radius 1 is 1.00 bits per heavy atom. The Labute approximate surface area is 111 Å².